The number of amides is 1. The number of para-hydroxylation sites is 1. The zero-order valence-corrected chi connectivity index (χ0v) is 11.3. The second kappa shape index (κ2) is 6.01. The van der Waals surface area contributed by atoms with Crippen LogP contribution in [0.5, 0.6) is 0 Å². The summed E-state index contributed by atoms with van der Waals surface area (Å²) in [5.41, 5.74) is 2.35. The third-order valence-electron chi connectivity index (χ3n) is 3.46. The molecular formula is C15H22N2O. The fraction of sp³-hybridized carbons (Fsp3) is 0.533. The molecule has 1 N–H and O–H groups in total. The molecule has 0 radical (unpaired) electrons. The van der Waals surface area contributed by atoms with E-state index in [1.165, 1.54) is 5.56 Å². The first-order valence-corrected chi connectivity index (χ1v) is 6.90. The molecule has 1 aliphatic heterocycles. The van der Waals surface area contributed by atoms with E-state index in [-0.39, 0.29) is 5.91 Å². The number of rotatable bonds is 4. The van der Waals surface area contributed by atoms with Crippen molar-refractivity contribution in [2.24, 2.45) is 0 Å². The summed E-state index contributed by atoms with van der Waals surface area (Å²) in [6.07, 6.45) is 2.55. The van der Waals surface area contributed by atoms with Crippen LogP contribution in [-0.4, -0.2) is 19.0 Å². The first-order valence-electron chi connectivity index (χ1n) is 6.90. The molecule has 1 heterocycles. The number of nitrogens with one attached hydrogen (secondary N) is 1. The van der Waals surface area contributed by atoms with Crippen molar-refractivity contribution in [3.8, 4) is 0 Å². The lowest BCUT2D eigenvalue weighted by Crippen LogP contribution is -2.39. The van der Waals surface area contributed by atoms with Gasteiger partial charge in [0.15, 0.2) is 0 Å². The van der Waals surface area contributed by atoms with Crippen molar-refractivity contribution in [3.63, 3.8) is 0 Å². The van der Waals surface area contributed by atoms with Crippen LogP contribution in [0.2, 0.25) is 0 Å². The highest BCUT2D eigenvalue weighted by molar-refractivity contribution is 5.94. The van der Waals surface area contributed by atoms with Crippen molar-refractivity contribution in [1.82, 2.24) is 5.32 Å². The first kappa shape index (κ1) is 13.1. The van der Waals surface area contributed by atoms with Crippen LogP contribution in [0, 0.1) is 0 Å². The molecule has 1 aliphatic rings. The Hall–Kier alpha value is -1.35. The van der Waals surface area contributed by atoms with Gasteiger partial charge in [0.1, 0.15) is 0 Å². The van der Waals surface area contributed by atoms with Crippen LogP contribution in [0.25, 0.3) is 0 Å². The average Bonchev–Trinajstić information content (AvgIpc) is 2.39. The molecule has 0 spiro atoms. The molecule has 1 aromatic carbocycles. The molecule has 1 atom stereocenters. The normalized spacial score (nSPS) is 18.6. The highest BCUT2D eigenvalue weighted by atomic mass is 16.2. The van der Waals surface area contributed by atoms with Crippen LogP contribution in [0.3, 0.4) is 0 Å². The van der Waals surface area contributed by atoms with E-state index in [2.05, 4.69) is 37.4 Å². The fourth-order valence-corrected chi connectivity index (χ4v) is 2.63. The Morgan fingerprint density at radius 2 is 2.17 bits per heavy atom. The van der Waals surface area contributed by atoms with E-state index in [1.54, 1.807) is 0 Å². The first-order chi connectivity index (χ1) is 8.77. The Balaban J connectivity index is 2.27. The minimum atomic E-state index is 0.250. The van der Waals surface area contributed by atoms with Crippen LogP contribution in [0.4, 0.5) is 5.69 Å². The third-order valence-corrected chi connectivity index (χ3v) is 3.46. The number of hydrogen-bond acceptors (Lipinski definition) is 2. The van der Waals surface area contributed by atoms with E-state index < -0.39 is 0 Å². The number of anilines is 1. The summed E-state index contributed by atoms with van der Waals surface area (Å²) in [6.45, 7) is 5.96. The van der Waals surface area contributed by atoms with Crippen molar-refractivity contribution < 1.29 is 4.79 Å². The molecular weight excluding hydrogens is 224 g/mol. The minimum absolute atomic E-state index is 0.250. The van der Waals surface area contributed by atoms with Crippen molar-refractivity contribution in [2.45, 2.75) is 39.2 Å². The van der Waals surface area contributed by atoms with Crippen LogP contribution >= 0.6 is 0 Å². The van der Waals surface area contributed by atoms with Gasteiger partial charge in [0, 0.05) is 24.7 Å². The van der Waals surface area contributed by atoms with E-state index in [4.69, 9.17) is 0 Å². The van der Waals surface area contributed by atoms with E-state index in [0.717, 1.165) is 31.6 Å². The molecule has 0 aromatic heterocycles. The van der Waals surface area contributed by atoms with Gasteiger partial charge in [-0.25, -0.2) is 0 Å². The molecule has 0 aliphatic carbocycles. The summed E-state index contributed by atoms with van der Waals surface area (Å²) in [5.74, 6) is 0.250. The molecule has 0 fully saturated rings. The number of carbonyl (C=O) groups excluding carboxylic acids is 1. The quantitative estimate of drug-likeness (QED) is 0.886. The number of fused-ring (bicyclic) bond motifs is 1. The molecule has 2 rings (SSSR count). The Morgan fingerprint density at radius 3 is 2.89 bits per heavy atom. The Morgan fingerprint density at radius 1 is 1.39 bits per heavy atom. The lowest BCUT2D eigenvalue weighted by Gasteiger charge is -2.34. The number of carbonyl (C=O) groups is 1. The van der Waals surface area contributed by atoms with Crippen molar-refractivity contribution >= 4 is 11.6 Å². The summed E-state index contributed by atoms with van der Waals surface area (Å²) < 4.78 is 0. The SMILES string of the molecule is CCCC(=O)N1CCC(NCC)c2ccccc21. The Labute approximate surface area is 109 Å². The van der Waals surface area contributed by atoms with Gasteiger partial charge in [-0.3, -0.25) is 4.79 Å². The van der Waals surface area contributed by atoms with E-state index in [9.17, 15) is 4.79 Å². The largest absolute Gasteiger partial charge is 0.312 e. The minimum Gasteiger partial charge on any atom is -0.312 e. The van der Waals surface area contributed by atoms with Crippen LogP contribution in [0.1, 0.15) is 44.7 Å². The third kappa shape index (κ3) is 2.56. The van der Waals surface area contributed by atoms with E-state index >= 15 is 0 Å². The predicted octanol–water partition coefficient (Wildman–Crippen LogP) is 2.87. The molecule has 0 bridgehead atoms. The van der Waals surface area contributed by atoms with Gasteiger partial charge in [0.25, 0.3) is 0 Å². The standard InChI is InChI=1S/C15H22N2O/c1-3-7-15(18)17-11-10-13(16-4-2)12-8-5-6-9-14(12)17/h5-6,8-9,13,16H,3-4,7,10-11H2,1-2H3. The summed E-state index contributed by atoms with van der Waals surface area (Å²) >= 11 is 0. The van der Waals surface area contributed by atoms with E-state index in [1.807, 2.05) is 11.0 Å². The lowest BCUT2D eigenvalue weighted by atomic mass is 9.96. The molecule has 18 heavy (non-hydrogen) atoms. The molecule has 0 saturated carbocycles. The van der Waals surface area contributed by atoms with Gasteiger partial charge in [-0.05, 0) is 31.0 Å². The van der Waals surface area contributed by atoms with Gasteiger partial charge in [-0.15, -0.1) is 0 Å². The van der Waals surface area contributed by atoms with Crippen LogP contribution < -0.4 is 10.2 Å². The summed E-state index contributed by atoms with van der Waals surface area (Å²) in [4.78, 5) is 14.1. The molecule has 3 nitrogen and oxygen atoms in total. The molecule has 3 heteroatoms. The van der Waals surface area contributed by atoms with Gasteiger partial charge < -0.3 is 10.2 Å². The molecule has 1 aromatic rings. The fourth-order valence-electron chi connectivity index (χ4n) is 2.63. The second-order valence-electron chi connectivity index (χ2n) is 4.75. The van der Waals surface area contributed by atoms with Gasteiger partial charge in [-0.2, -0.15) is 0 Å². The van der Waals surface area contributed by atoms with Crippen molar-refractivity contribution in [3.05, 3.63) is 29.8 Å². The predicted molar refractivity (Wildman–Crippen MR) is 74.7 cm³/mol. The number of benzene rings is 1. The Kier molecular flexibility index (Phi) is 4.37. The van der Waals surface area contributed by atoms with E-state index in [0.29, 0.717) is 12.5 Å². The maximum atomic E-state index is 12.1. The maximum absolute atomic E-state index is 12.1. The summed E-state index contributed by atoms with van der Waals surface area (Å²) in [5, 5.41) is 3.49. The highest BCUT2D eigenvalue weighted by Crippen LogP contribution is 2.33. The second-order valence-corrected chi connectivity index (χ2v) is 4.75. The van der Waals surface area contributed by atoms with Gasteiger partial charge >= 0.3 is 0 Å². The van der Waals surface area contributed by atoms with Crippen molar-refractivity contribution in [1.29, 1.82) is 0 Å². The van der Waals surface area contributed by atoms with Crippen LogP contribution in [-0.2, 0) is 4.79 Å². The van der Waals surface area contributed by atoms with Gasteiger partial charge in [0.2, 0.25) is 5.91 Å². The maximum Gasteiger partial charge on any atom is 0.226 e. The molecule has 98 valence electrons. The number of nitrogens with zero attached hydrogens (tertiary/aromatic N) is 1. The van der Waals surface area contributed by atoms with Crippen LogP contribution in [0.15, 0.2) is 24.3 Å². The smallest absolute Gasteiger partial charge is 0.226 e. The van der Waals surface area contributed by atoms with Crippen molar-refractivity contribution in [2.75, 3.05) is 18.0 Å². The van der Waals surface area contributed by atoms with Gasteiger partial charge in [0.05, 0.1) is 0 Å². The molecule has 0 saturated heterocycles. The average molecular weight is 246 g/mol. The zero-order valence-electron chi connectivity index (χ0n) is 11.3. The van der Waals surface area contributed by atoms with Gasteiger partial charge in [-0.1, -0.05) is 32.0 Å². The summed E-state index contributed by atoms with van der Waals surface area (Å²) in [6, 6.07) is 8.65. The summed E-state index contributed by atoms with van der Waals surface area (Å²) in [7, 11) is 0. The Bertz CT molecular complexity index is 417. The molecule has 1 amide bonds. The lowest BCUT2D eigenvalue weighted by molar-refractivity contribution is -0.118. The zero-order chi connectivity index (χ0) is 13.0. The monoisotopic (exact) mass is 246 g/mol. The highest BCUT2D eigenvalue weighted by Gasteiger charge is 2.27. The molecule has 1 unspecified atom stereocenters. The topological polar surface area (TPSA) is 32.3 Å². The number of hydrogen-bond donors (Lipinski definition) is 1.